The topological polar surface area (TPSA) is 55.4 Å². The number of hydrogen-bond donors (Lipinski definition) is 1. The van der Waals surface area contributed by atoms with Gasteiger partial charge in [-0.15, -0.1) is 23.1 Å². The second-order valence-electron chi connectivity index (χ2n) is 7.04. The summed E-state index contributed by atoms with van der Waals surface area (Å²) in [4.78, 5) is 26.1. The highest BCUT2D eigenvalue weighted by atomic mass is 32.2. The molecule has 1 fully saturated rings. The second kappa shape index (κ2) is 8.58. The molecule has 2 aliphatic carbocycles. The van der Waals surface area contributed by atoms with Gasteiger partial charge in [-0.1, -0.05) is 19.8 Å². The molecule has 138 valence electrons. The number of thiophene rings is 1. The van der Waals surface area contributed by atoms with Crippen molar-refractivity contribution < 1.29 is 14.3 Å². The van der Waals surface area contributed by atoms with Crippen molar-refractivity contribution in [3.63, 3.8) is 0 Å². The van der Waals surface area contributed by atoms with Crippen LogP contribution >= 0.6 is 23.1 Å². The number of rotatable bonds is 6. The third-order valence-corrected chi connectivity index (χ3v) is 7.54. The molecule has 1 aromatic rings. The minimum Gasteiger partial charge on any atom is -0.462 e. The van der Waals surface area contributed by atoms with E-state index in [9.17, 15) is 9.59 Å². The first-order valence-electron chi connectivity index (χ1n) is 9.31. The molecule has 0 aliphatic heterocycles. The van der Waals surface area contributed by atoms with Crippen molar-refractivity contribution in [1.29, 1.82) is 0 Å². The molecule has 0 saturated heterocycles. The molecule has 2 aliphatic rings. The number of esters is 1. The van der Waals surface area contributed by atoms with Gasteiger partial charge in [0.25, 0.3) is 0 Å². The molecule has 6 heteroatoms. The number of anilines is 1. The summed E-state index contributed by atoms with van der Waals surface area (Å²) in [6, 6.07) is 0. The summed E-state index contributed by atoms with van der Waals surface area (Å²) in [5.41, 5.74) is 1.70. The Bertz CT molecular complexity index is 635. The highest BCUT2D eigenvalue weighted by Crippen LogP contribution is 2.40. The van der Waals surface area contributed by atoms with Crippen LogP contribution in [0.5, 0.6) is 0 Å². The SMILES string of the molecule is CCOC(=O)c1c(NC(=O)CSC2CCCC2)sc2c1CC[C@@H](C)C2. The summed E-state index contributed by atoms with van der Waals surface area (Å²) in [6.07, 6.45) is 7.96. The molecule has 1 heterocycles. The number of fused-ring (bicyclic) bond motifs is 1. The zero-order valence-electron chi connectivity index (χ0n) is 15.1. The standard InChI is InChI=1S/C19H27NO3S2/c1-3-23-19(22)17-14-9-8-12(2)10-15(14)25-18(17)20-16(21)11-24-13-6-4-5-7-13/h12-13H,3-11H2,1-2H3,(H,20,21)/t12-/m1/s1. The van der Waals surface area contributed by atoms with Crippen LogP contribution in [0.1, 0.15) is 66.8 Å². The first-order valence-corrected chi connectivity index (χ1v) is 11.2. The lowest BCUT2D eigenvalue weighted by atomic mass is 9.88. The monoisotopic (exact) mass is 381 g/mol. The maximum absolute atomic E-state index is 12.5. The predicted octanol–water partition coefficient (Wildman–Crippen LogP) is 4.66. The maximum atomic E-state index is 12.5. The van der Waals surface area contributed by atoms with Crippen LogP contribution < -0.4 is 5.32 Å². The van der Waals surface area contributed by atoms with E-state index in [1.807, 2.05) is 6.92 Å². The molecular weight excluding hydrogens is 354 g/mol. The first kappa shape index (κ1) is 18.8. The highest BCUT2D eigenvalue weighted by molar-refractivity contribution is 8.00. The van der Waals surface area contributed by atoms with E-state index < -0.39 is 0 Å². The number of nitrogens with one attached hydrogen (secondary N) is 1. The molecule has 1 N–H and O–H groups in total. The summed E-state index contributed by atoms with van der Waals surface area (Å²) < 4.78 is 5.25. The van der Waals surface area contributed by atoms with E-state index in [0.717, 1.165) is 24.8 Å². The Hall–Kier alpha value is -1.01. The van der Waals surface area contributed by atoms with Gasteiger partial charge >= 0.3 is 5.97 Å². The van der Waals surface area contributed by atoms with Gasteiger partial charge in [0.1, 0.15) is 5.00 Å². The molecular formula is C19H27NO3S2. The van der Waals surface area contributed by atoms with Crippen LogP contribution in [0.15, 0.2) is 0 Å². The van der Waals surface area contributed by atoms with Gasteiger partial charge in [-0.25, -0.2) is 4.79 Å². The number of carbonyl (C=O) groups excluding carboxylic acids is 2. The van der Waals surface area contributed by atoms with Crippen molar-refractivity contribution in [2.75, 3.05) is 17.7 Å². The Morgan fingerprint density at radius 1 is 1.28 bits per heavy atom. The van der Waals surface area contributed by atoms with Gasteiger partial charge in [0.05, 0.1) is 17.9 Å². The smallest absolute Gasteiger partial charge is 0.341 e. The van der Waals surface area contributed by atoms with Crippen molar-refractivity contribution in [2.24, 2.45) is 5.92 Å². The van der Waals surface area contributed by atoms with Crippen LogP contribution in [-0.2, 0) is 22.4 Å². The molecule has 25 heavy (non-hydrogen) atoms. The minimum absolute atomic E-state index is 0.00547. The van der Waals surface area contributed by atoms with Crippen LogP contribution in [0.3, 0.4) is 0 Å². The molecule has 0 radical (unpaired) electrons. The van der Waals surface area contributed by atoms with Crippen LogP contribution in [-0.4, -0.2) is 29.5 Å². The zero-order chi connectivity index (χ0) is 17.8. The van der Waals surface area contributed by atoms with Gasteiger partial charge < -0.3 is 10.1 Å². The predicted molar refractivity (Wildman–Crippen MR) is 105 cm³/mol. The normalized spacial score (nSPS) is 20.3. The van der Waals surface area contributed by atoms with E-state index in [-0.39, 0.29) is 11.9 Å². The molecule has 4 nitrogen and oxygen atoms in total. The lowest BCUT2D eigenvalue weighted by molar-refractivity contribution is -0.113. The van der Waals surface area contributed by atoms with E-state index in [0.29, 0.717) is 34.1 Å². The Morgan fingerprint density at radius 2 is 2.04 bits per heavy atom. The quantitative estimate of drug-likeness (QED) is 0.728. The lowest BCUT2D eigenvalue weighted by Gasteiger charge is -2.18. The zero-order valence-corrected chi connectivity index (χ0v) is 16.7. The van der Waals surface area contributed by atoms with Gasteiger partial charge in [-0.2, -0.15) is 0 Å². The number of ether oxygens (including phenoxy) is 1. The highest BCUT2D eigenvalue weighted by Gasteiger charge is 2.29. The maximum Gasteiger partial charge on any atom is 0.341 e. The van der Waals surface area contributed by atoms with E-state index >= 15 is 0 Å². The molecule has 1 saturated carbocycles. The third-order valence-electron chi connectivity index (χ3n) is 5.00. The fourth-order valence-corrected chi connectivity index (χ4v) is 6.21. The van der Waals surface area contributed by atoms with Crippen LogP contribution in [0.4, 0.5) is 5.00 Å². The molecule has 1 atom stereocenters. The molecule has 1 amide bonds. The van der Waals surface area contributed by atoms with Crippen LogP contribution in [0, 0.1) is 5.92 Å². The van der Waals surface area contributed by atoms with Crippen molar-refractivity contribution in [1.82, 2.24) is 0 Å². The minimum atomic E-state index is -0.298. The average molecular weight is 382 g/mol. The van der Waals surface area contributed by atoms with Crippen LogP contribution in [0.2, 0.25) is 0 Å². The van der Waals surface area contributed by atoms with Crippen molar-refractivity contribution in [3.8, 4) is 0 Å². The number of hydrogen-bond acceptors (Lipinski definition) is 5. The van der Waals surface area contributed by atoms with E-state index in [4.69, 9.17) is 4.74 Å². The lowest BCUT2D eigenvalue weighted by Crippen LogP contribution is -2.18. The number of carbonyl (C=O) groups is 2. The molecule has 0 unspecified atom stereocenters. The average Bonchev–Trinajstić information content (AvgIpc) is 3.19. The Balaban J connectivity index is 1.72. The Morgan fingerprint density at radius 3 is 2.76 bits per heavy atom. The van der Waals surface area contributed by atoms with E-state index in [2.05, 4.69) is 12.2 Å². The summed E-state index contributed by atoms with van der Waals surface area (Å²) in [7, 11) is 0. The van der Waals surface area contributed by atoms with E-state index in [1.165, 1.54) is 30.6 Å². The Kier molecular flexibility index (Phi) is 6.44. The summed E-state index contributed by atoms with van der Waals surface area (Å²) in [6.45, 7) is 4.41. The first-order chi connectivity index (χ1) is 12.1. The van der Waals surface area contributed by atoms with Gasteiger partial charge in [0.15, 0.2) is 0 Å². The fourth-order valence-electron chi connectivity index (χ4n) is 3.67. The molecule has 0 spiro atoms. The number of amides is 1. The molecule has 0 aromatic carbocycles. The van der Waals surface area contributed by atoms with Gasteiger partial charge in [0.2, 0.25) is 5.91 Å². The Labute approximate surface area is 158 Å². The van der Waals surface area contributed by atoms with E-state index in [1.54, 1.807) is 23.1 Å². The van der Waals surface area contributed by atoms with Crippen LogP contribution in [0.25, 0.3) is 0 Å². The van der Waals surface area contributed by atoms with Crippen molar-refractivity contribution in [2.45, 2.75) is 64.0 Å². The van der Waals surface area contributed by atoms with Crippen molar-refractivity contribution in [3.05, 3.63) is 16.0 Å². The third kappa shape index (κ3) is 4.59. The van der Waals surface area contributed by atoms with Gasteiger partial charge in [0, 0.05) is 10.1 Å². The molecule has 3 rings (SSSR count). The number of thioether (sulfide) groups is 1. The largest absolute Gasteiger partial charge is 0.462 e. The summed E-state index contributed by atoms with van der Waals surface area (Å²) >= 11 is 3.31. The van der Waals surface area contributed by atoms with Gasteiger partial charge in [-0.3, -0.25) is 4.79 Å². The van der Waals surface area contributed by atoms with Gasteiger partial charge in [-0.05, 0) is 50.5 Å². The van der Waals surface area contributed by atoms with Crippen molar-refractivity contribution >= 4 is 40.0 Å². The second-order valence-corrected chi connectivity index (χ2v) is 9.44. The molecule has 0 bridgehead atoms. The summed E-state index contributed by atoms with van der Waals surface area (Å²) in [5, 5.41) is 4.31. The fraction of sp³-hybridized carbons (Fsp3) is 0.684. The summed E-state index contributed by atoms with van der Waals surface area (Å²) in [5.74, 6) is 0.788. The molecule has 1 aromatic heterocycles.